The van der Waals surface area contributed by atoms with Crippen LogP contribution in [0.25, 0.3) is 0 Å². The molecule has 110 valence electrons. The molecule has 0 aromatic heterocycles. The Morgan fingerprint density at radius 1 is 1.40 bits per heavy atom. The van der Waals surface area contributed by atoms with Crippen LogP contribution in [0.1, 0.15) is 18.4 Å². The number of nitrogens with one attached hydrogen (secondary N) is 1. The highest BCUT2D eigenvalue weighted by atomic mass is 32.2. The number of rotatable bonds is 4. The molecule has 5 nitrogen and oxygen atoms in total. The first kappa shape index (κ1) is 13.9. The van der Waals surface area contributed by atoms with Crippen molar-refractivity contribution in [3.8, 4) is 0 Å². The van der Waals surface area contributed by atoms with Gasteiger partial charge in [0.2, 0.25) is 10.0 Å². The number of nitrogens with zero attached hydrogens (tertiary/aromatic N) is 1. The fraction of sp³-hybridized carbons (Fsp3) is 0.571. The van der Waals surface area contributed by atoms with Crippen molar-refractivity contribution in [2.45, 2.75) is 30.3 Å². The Morgan fingerprint density at radius 2 is 2.15 bits per heavy atom. The van der Waals surface area contributed by atoms with Crippen LogP contribution in [0, 0.1) is 5.92 Å². The van der Waals surface area contributed by atoms with E-state index < -0.39 is 10.0 Å². The number of aliphatic hydroxyl groups excluding tert-OH is 1. The Morgan fingerprint density at radius 3 is 2.85 bits per heavy atom. The smallest absolute Gasteiger partial charge is 0.242 e. The second-order valence-corrected chi connectivity index (χ2v) is 7.82. The van der Waals surface area contributed by atoms with Crippen LogP contribution in [0.4, 0.5) is 5.69 Å². The van der Waals surface area contributed by atoms with Crippen molar-refractivity contribution in [3.05, 3.63) is 23.8 Å². The van der Waals surface area contributed by atoms with Crippen LogP contribution in [0.3, 0.4) is 0 Å². The molecule has 1 aliphatic carbocycles. The summed E-state index contributed by atoms with van der Waals surface area (Å²) >= 11 is 0. The molecule has 1 aliphatic heterocycles. The summed E-state index contributed by atoms with van der Waals surface area (Å²) in [5, 5.41) is 12.5. The maximum atomic E-state index is 12.5. The maximum absolute atomic E-state index is 12.5. The summed E-state index contributed by atoms with van der Waals surface area (Å²) in [5.41, 5.74) is 2.10. The zero-order valence-corrected chi connectivity index (χ0v) is 12.4. The molecule has 0 atom stereocenters. The van der Waals surface area contributed by atoms with Crippen LogP contribution in [0.15, 0.2) is 23.1 Å². The van der Waals surface area contributed by atoms with E-state index in [-0.39, 0.29) is 12.0 Å². The van der Waals surface area contributed by atoms with E-state index in [0.717, 1.165) is 18.7 Å². The van der Waals surface area contributed by atoms with Gasteiger partial charge in [-0.1, -0.05) is 6.07 Å². The number of benzene rings is 1. The lowest BCUT2D eigenvalue weighted by Crippen LogP contribution is -2.39. The Hall–Kier alpha value is -1.11. The number of sulfonamides is 1. The van der Waals surface area contributed by atoms with E-state index in [9.17, 15) is 13.5 Å². The van der Waals surface area contributed by atoms with Gasteiger partial charge in [-0.25, -0.2) is 12.7 Å². The molecule has 0 saturated heterocycles. The topological polar surface area (TPSA) is 69.6 Å². The molecule has 3 rings (SSSR count). The normalized spacial score (nSPS) is 25.1. The van der Waals surface area contributed by atoms with Crippen LogP contribution >= 0.6 is 0 Å². The van der Waals surface area contributed by atoms with Crippen molar-refractivity contribution < 1.29 is 13.5 Å². The SMILES string of the molecule is CN(CC1CC(O)C1)S(=O)(=O)c1ccc2c(c1)NCC2. The van der Waals surface area contributed by atoms with Gasteiger partial charge in [0.05, 0.1) is 11.0 Å². The number of fused-ring (bicyclic) bond motifs is 1. The van der Waals surface area contributed by atoms with Gasteiger partial charge in [0, 0.05) is 25.8 Å². The Bertz CT molecular complexity index is 609. The summed E-state index contributed by atoms with van der Waals surface area (Å²) in [6, 6.07) is 5.31. The summed E-state index contributed by atoms with van der Waals surface area (Å²) in [6.45, 7) is 1.35. The summed E-state index contributed by atoms with van der Waals surface area (Å²) in [4.78, 5) is 0.341. The van der Waals surface area contributed by atoms with Crippen molar-refractivity contribution >= 4 is 15.7 Å². The zero-order chi connectivity index (χ0) is 14.3. The van der Waals surface area contributed by atoms with E-state index in [1.807, 2.05) is 6.07 Å². The molecule has 1 aromatic rings. The van der Waals surface area contributed by atoms with Gasteiger partial charge in [-0.05, 0) is 42.9 Å². The van der Waals surface area contributed by atoms with Gasteiger partial charge < -0.3 is 10.4 Å². The van der Waals surface area contributed by atoms with Crippen molar-refractivity contribution in [2.75, 3.05) is 25.5 Å². The van der Waals surface area contributed by atoms with Crippen LogP contribution in [0.2, 0.25) is 0 Å². The minimum atomic E-state index is -3.44. The van der Waals surface area contributed by atoms with Crippen LogP contribution in [0.5, 0.6) is 0 Å². The van der Waals surface area contributed by atoms with E-state index in [4.69, 9.17) is 0 Å². The van der Waals surface area contributed by atoms with Gasteiger partial charge in [-0.3, -0.25) is 0 Å². The van der Waals surface area contributed by atoms with Gasteiger partial charge in [-0.15, -0.1) is 0 Å². The lowest BCUT2D eigenvalue weighted by atomic mass is 9.82. The lowest BCUT2D eigenvalue weighted by Gasteiger charge is -2.34. The van der Waals surface area contributed by atoms with Gasteiger partial charge in [-0.2, -0.15) is 0 Å². The van der Waals surface area contributed by atoms with Crippen molar-refractivity contribution in [1.82, 2.24) is 4.31 Å². The predicted octanol–water partition coefficient (Wildman–Crippen LogP) is 1.05. The minimum Gasteiger partial charge on any atom is -0.393 e. The molecule has 0 spiro atoms. The van der Waals surface area contributed by atoms with E-state index in [1.54, 1.807) is 19.2 Å². The number of hydrogen-bond acceptors (Lipinski definition) is 4. The quantitative estimate of drug-likeness (QED) is 0.871. The van der Waals surface area contributed by atoms with Crippen molar-refractivity contribution in [3.63, 3.8) is 0 Å². The Balaban J connectivity index is 1.77. The monoisotopic (exact) mass is 296 g/mol. The van der Waals surface area contributed by atoms with Gasteiger partial charge in [0.1, 0.15) is 0 Å². The molecule has 1 fully saturated rings. The first-order valence-electron chi connectivity index (χ1n) is 6.98. The second-order valence-electron chi connectivity index (χ2n) is 5.77. The fourth-order valence-corrected chi connectivity index (χ4v) is 4.20. The molecule has 1 heterocycles. The molecule has 2 aliphatic rings. The van der Waals surface area contributed by atoms with Crippen LogP contribution in [-0.2, 0) is 16.4 Å². The average molecular weight is 296 g/mol. The largest absolute Gasteiger partial charge is 0.393 e. The summed E-state index contributed by atoms with van der Waals surface area (Å²) in [5.74, 6) is 0.275. The van der Waals surface area contributed by atoms with Gasteiger partial charge in [0.15, 0.2) is 0 Å². The molecule has 0 radical (unpaired) electrons. The molecule has 0 amide bonds. The molecule has 1 saturated carbocycles. The summed E-state index contributed by atoms with van der Waals surface area (Å²) < 4.78 is 26.5. The second kappa shape index (κ2) is 5.02. The highest BCUT2D eigenvalue weighted by Gasteiger charge is 2.32. The minimum absolute atomic E-state index is 0.250. The van der Waals surface area contributed by atoms with Gasteiger partial charge >= 0.3 is 0 Å². The molecule has 0 bridgehead atoms. The highest BCUT2D eigenvalue weighted by Crippen LogP contribution is 2.30. The first-order chi connectivity index (χ1) is 9.46. The molecule has 2 N–H and O–H groups in total. The predicted molar refractivity (Wildman–Crippen MR) is 77.2 cm³/mol. The molecule has 0 unspecified atom stereocenters. The maximum Gasteiger partial charge on any atom is 0.242 e. The molecule has 20 heavy (non-hydrogen) atoms. The van der Waals surface area contributed by atoms with E-state index in [2.05, 4.69) is 5.32 Å². The first-order valence-corrected chi connectivity index (χ1v) is 8.42. The highest BCUT2D eigenvalue weighted by molar-refractivity contribution is 7.89. The Kier molecular flexibility index (Phi) is 3.48. The molecular formula is C14H20N2O3S. The number of hydrogen-bond donors (Lipinski definition) is 2. The van der Waals surface area contributed by atoms with Crippen molar-refractivity contribution in [1.29, 1.82) is 0 Å². The summed E-state index contributed by atoms with van der Waals surface area (Å²) in [6.07, 6.45) is 2.10. The van der Waals surface area contributed by atoms with E-state index >= 15 is 0 Å². The van der Waals surface area contributed by atoms with Crippen molar-refractivity contribution in [2.24, 2.45) is 5.92 Å². The third-order valence-corrected chi connectivity index (χ3v) is 6.04. The van der Waals surface area contributed by atoms with Crippen LogP contribution < -0.4 is 5.32 Å². The standard InChI is InChI=1S/C14H20N2O3S/c1-16(9-10-6-12(17)7-10)20(18,19)13-3-2-11-4-5-15-14(11)8-13/h2-3,8,10,12,15,17H,4-7,9H2,1H3. The molecule has 1 aromatic carbocycles. The average Bonchev–Trinajstić information content (AvgIpc) is 2.83. The molecular weight excluding hydrogens is 276 g/mol. The third-order valence-electron chi connectivity index (χ3n) is 4.23. The lowest BCUT2D eigenvalue weighted by molar-refractivity contribution is 0.0367. The number of aliphatic hydroxyl groups is 1. The van der Waals surface area contributed by atoms with Crippen LogP contribution in [-0.4, -0.2) is 44.1 Å². The Labute approximate surface area is 119 Å². The number of anilines is 1. The van der Waals surface area contributed by atoms with Gasteiger partial charge in [0.25, 0.3) is 0 Å². The van der Waals surface area contributed by atoms with E-state index in [1.165, 1.54) is 9.87 Å². The molecule has 6 heteroatoms. The fourth-order valence-electron chi connectivity index (χ4n) is 2.92. The third kappa shape index (κ3) is 2.43. The van der Waals surface area contributed by atoms with E-state index in [0.29, 0.717) is 24.3 Å². The zero-order valence-electron chi connectivity index (χ0n) is 11.5. The summed E-state index contributed by atoms with van der Waals surface area (Å²) in [7, 11) is -1.83.